The molecule has 212 valence electrons. The number of amides is 1. The van der Waals surface area contributed by atoms with E-state index in [9.17, 15) is 9.59 Å². The van der Waals surface area contributed by atoms with E-state index in [1.807, 2.05) is 6.92 Å². The summed E-state index contributed by atoms with van der Waals surface area (Å²) in [5.41, 5.74) is 3.67. The van der Waals surface area contributed by atoms with Gasteiger partial charge >= 0.3 is 5.97 Å². The number of hydrogen-bond acceptors (Lipinski definition) is 4. The Morgan fingerprint density at radius 1 is 1.21 bits per heavy atom. The molecule has 1 heterocycles. The maximum absolute atomic E-state index is 12.1. The highest BCUT2D eigenvalue weighted by molar-refractivity contribution is 5.72. The summed E-state index contributed by atoms with van der Waals surface area (Å²) in [5.74, 6) is 4.49. The number of carbonyl (C=O) groups excluding carboxylic acids is 2. The summed E-state index contributed by atoms with van der Waals surface area (Å²) in [4.78, 5) is 23.4. The molecule has 0 saturated heterocycles. The van der Waals surface area contributed by atoms with Gasteiger partial charge in [-0.05, 0) is 98.4 Å². The summed E-state index contributed by atoms with van der Waals surface area (Å²) in [6.45, 7) is 14.0. The van der Waals surface area contributed by atoms with Crippen LogP contribution < -0.4 is 5.32 Å². The molecule has 1 aliphatic heterocycles. The minimum Gasteiger partial charge on any atom is -0.494 e. The van der Waals surface area contributed by atoms with E-state index in [4.69, 9.17) is 9.47 Å². The molecule has 0 radical (unpaired) electrons. The van der Waals surface area contributed by atoms with E-state index in [1.165, 1.54) is 37.0 Å². The van der Waals surface area contributed by atoms with Crippen LogP contribution in [0.2, 0.25) is 0 Å². The van der Waals surface area contributed by atoms with Crippen LogP contribution in [0.3, 0.4) is 0 Å². The van der Waals surface area contributed by atoms with Gasteiger partial charge in [0.25, 0.3) is 0 Å². The molecule has 0 spiro atoms. The maximum Gasteiger partial charge on any atom is 0.306 e. The van der Waals surface area contributed by atoms with Crippen molar-refractivity contribution in [3.63, 3.8) is 0 Å². The summed E-state index contributed by atoms with van der Waals surface area (Å²) < 4.78 is 12.6. The third-order valence-corrected chi connectivity index (χ3v) is 11.6. The number of hydrogen-bond donors (Lipinski definition) is 1. The van der Waals surface area contributed by atoms with Gasteiger partial charge < -0.3 is 14.8 Å². The summed E-state index contributed by atoms with van der Waals surface area (Å²) in [6.07, 6.45) is 14.5. The van der Waals surface area contributed by atoms with E-state index in [-0.39, 0.29) is 23.4 Å². The lowest BCUT2D eigenvalue weighted by Gasteiger charge is -2.58. The van der Waals surface area contributed by atoms with Crippen LogP contribution in [0.5, 0.6) is 0 Å². The zero-order valence-electron chi connectivity index (χ0n) is 24.7. The molecule has 1 N–H and O–H groups in total. The second-order valence-corrected chi connectivity index (χ2v) is 14.0. The Hall–Kier alpha value is -1.78. The Morgan fingerprint density at radius 3 is 2.74 bits per heavy atom. The average Bonchev–Trinajstić information content (AvgIpc) is 3.34. The predicted molar refractivity (Wildman–Crippen MR) is 150 cm³/mol. The highest BCUT2D eigenvalue weighted by Crippen LogP contribution is 2.69. The minimum absolute atomic E-state index is 0.0219. The Balaban J connectivity index is 1.26. The van der Waals surface area contributed by atoms with E-state index < -0.39 is 0 Å². The Labute approximate surface area is 230 Å². The van der Waals surface area contributed by atoms with Crippen molar-refractivity contribution in [1.29, 1.82) is 0 Å². The number of rotatable bonds is 8. The molecule has 5 heteroatoms. The van der Waals surface area contributed by atoms with Crippen LogP contribution in [0, 0.1) is 40.4 Å². The number of esters is 1. The fourth-order valence-corrected chi connectivity index (χ4v) is 9.56. The molecule has 0 aromatic heterocycles. The van der Waals surface area contributed by atoms with Gasteiger partial charge in [0.1, 0.15) is 12.2 Å². The highest BCUT2D eigenvalue weighted by Gasteiger charge is 2.63. The second-order valence-electron chi connectivity index (χ2n) is 14.0. The van der Waals surface area contributed by atoms with Crippen molar-refractivity contribution in [1.82, 2.24) is 5.32 Å². The topological polar surface area (TPSA) is 64.6 Å². The Bertz CT molecular complexity index is 999. The standard InChI is InChI=1S/C33H51NO4/c1-7-8-30(36)37-24-13-15-32(5)23(17-24)10-11-25-26(32)14-16-33(6)27(25)18-29-31(33)21(3)28(38-29)12-9-20(2)19-34-22(4)35/h10,20,24-27,29,31H,7-9,11-19H2,1-6H3,(H,34,35)/t20-,24-,25-,26-,27-,29-,31+,32+,33+/m1/s1. The van der Waals surface area contributed by atoms with Gasteiger partial charge in [-0.2, -0.15) is 0 Å². The molecule has 0 aromatic carbocycles. The van der Waals surface area contributed by atoms with Gasteiger partial charge in [0.15, 0.2) is 0 Å². The van der Waals surface area contributed by atoms with E-state index in [2.05, 4.69) is 39.1 Å². The van der Waals surface area contributed by atoms with E-state index >= 15 is 0 Å². The lowest BCUT2D eigenvalue weighted by atomic mass is 9.47. The second kappa shape index (κ2) is 10.7. The first kappa shape index (κ1) is 27.8. The van der Waals surface area contributed by atoms with Gasteiger partial charge in [0.05, 0.1) is 5.76 Å². The van der Waals surface area contributed by atoms with Crippen LogP contribution in [-0.4, -0.2) is 30.6 Å². The normalized spacial score (nSPS) is 40.2. The van der Waals surface area contributed by atoms with Crippen molar-refractivity contribution in [3.8, 4) is 0 Å². The number of allylic oxidation sites excluding steroid dienone is 2. The van der Waals surface area contributed by atoms with E-state index in [0.717, 1.165) is 62.8 Å². The molecule has 5 aliphatic rings. The first-order valence-corrected chi connectivity index (χ1v) is 15.6. The van der Waals surface area contributed by atoms with Crippen molar-refractivity contribution in [3.05, 3.63) is 23.0 Å². The van der Waals surface area contributed by atoms with Crippen LogP contribution in [0.15, 0.2) is 23.0 Å². The fourth-order valence-electron chi connectivity index (χ4n) is 9.56. The first-order chi connectivity index (χ1) is 18.1. The molecule has 0 unspecified atom stereocenters. The molecule has 3 saturated carbocycles. The van der Waals surface area contributed by atoms with Crippen molar-refractivity contribution in [2.45, 2.75) is 124 Å². The largest absolute Gasteiger partial charge is 0.494 e. The van der Waals surface area contributed by atoms with E-state index in [0.29, 0.717) is 29.8 Å². The van der Waals surface area contributed by atoms with Gasteiger partial charge in [-0.15, -0.1) is 0 Å². The summed E-state index contributed by atoms with van der Waals surface area (Å²) in [5, 5.41) is 2.96. The summed E-state index contributed by atoms with van der Waals surface area (Å²) >= 11 is 0. The SMILES string of the molecule is CCCC(=O)O[C@@H]1CC[C@@]2(C)C(=CC[C@H]3[C@H]4C[C@H]5OC(CC[C@@H](C)CNC(C)=O)=C(C)[C@@H]5[C@@]4(C)CC[C@H]32)C1. The van der Waals surface area contributed by atoms with Crippen LogP contribution >= 0.6 is 0 Å². The van der Waals surface area contributed by atoms with Gasteiger partial charge in [0.2, 0.25) is 5.91 Å². The smallest absolute Gasteiger partial charge is 0.306 e. The lowest BCUT2D eigenvalue weighted by Crippen LogP contribution is -2.50. The van der Waals surface area contributed by atoms with Crippen LogP contribution in [0.1, 0.15) is 112 Å². The maximum atomic E-state index is 12.1. The van der Waals surface area contributed by atoms with Crippen molar-refractivity contribution in [2.24, 2.45) is 40.4 Å². The molecular weight excluding hydrogens is 474 g/mol. The zero-order valence-corrected chi connectivity index (χ0v) is 24.7. The summed E-state index contributed by atoms with van der Waals surface area (Å²) in [7, 11) is 0. The van der Waals surface area contributed by atoms with Crippen LogP contribution in [-0.2, 0) is 19.1 Å². The van der Waals surface area contributed by atoms with Crippen molar-refractivity contribution >= 4 is 11.9 Å². The number of nitrogens with one attached hydrogen (secondary N) is 1. The molecule has 0 bridgehead atoms. The molecule has 9 atom stereocenters. The molecule has 0 aromatic rings. The third kappa shape index (κ3) is 4.85. The third-order valence-electron chi connectivity index (χ3n) is 11.6. The fraction of sp³-hybridized carbons (Fsp3) is 0.818. The predicted octanol–water partition coefficient (Wildman–Crippen LogP) is 7.11. The van der Waals surface area contributed by atoms with Gasteiger partial charge in [-0.1, -0.05) is 39.3 Å². The molecule has 1 amide bonds. The van der Waals surface area contributed by atoms with Crippen molar-refractivity contribution < 1.29 is 19.1 Å². The average molecular weight is 526 g/mol. The molecule has 5 rings (SSSR count). The number of ether oxygens (including phenoxy) is 2. The van der Waals surface area contributed by atoms with Crippen LogP contribution in [0.25, 0.3) is 0 Å². The lowest BCUT2D eigenvalue weighted by molar-refractivity contribution is -0.151. The van der Waals surface area contributed by atoms with Gasteiger partial charge in [0, 0.05) is 38.6 Å². The van der Waals surface area contributed by atoms with Gasteiger partial charge in [-0.3, -0.25) is 9.59 Å². The van der Waals surface area contributed by atoms with Crippen LogP contribution in [0.4, 0.5) is 0 Å². The highest BCUT2D eigenvalue weighted by atomic mass is 16.5. The molecule has 3 fully saturated rings. The van der Waals surface area contributed by atoms with Gasteiger partial charge in [-0.25, -0.2) is 0 Å². The Kier molecular flexibility index (Phi) is 7.79. The minimum atomic E-state index is -0.0219. The monoisotopic (exact) mass is 525 g/mol. The van der Waals surface area contributed by atoms with Crippen molar-refractivity contribution in [2.75, 3.05) is 6.54 Å². The molecule has 38 heavy (non-hydrogen) atoms. The number of carbonyl (C=O) groups is 2. The van der Waals surface area contributed by atoms with E-state index in [1.54, 1.807) is 12.5 Å². The molecule has 4 aliphatic carbocycles. The molecular formula is C33H51NO4. The summed E-state index contributed by atoms with van der Waals surface area (Å²) in [6, 6.07) is 0. The first-order valence-electron chi connectivity index (χ1n) is 15.6. The quantitative estimate of drug-likeness (QED) is 0.271. The zero-order chi connectivity index (χ0) is 27.2. The Morgan fingerprint density at radius 2 is 2.00 bits per heavy atom. The number of fused-ring (bicyclic) bond motifs is 7. The molecule has 5 nitrogen and oxygen atoms in total.